The summed E-state index contributed by atoms with van der Waals surface area (Å²) in [4.78, 5) is 5.05. The van der Waals surface area contributed by atoms with Gasteiger partial charge in [-0.1, -0.05) is 11.2 Å². The second-order valence-electron chi connectivity index (χ2n) is 7.74. The van der Waals surface area contributed by atoms with E-state index < -0.39 is 0 Å². The van der Waals surface area contributed by atoms with E-state index in [0.717, 1.165) is 49.9 Å². The van der Waals surface area contributed by atoms with Crippen LogP contribution in [-0.2, 0) is 6.54 Å². The fourth-order valence-electron chi connectivity index (χ4n) is 5.18. The van der Waals surface area contributed by atoms with Crippen molar-refractivity contribution < 1.29 is 14.7 Å². The highest BCUT2D eigenvalue weighted by molar-refractivity contribution is 5.94. The Bertz CT molecular complexity index is 684. The Labute approximate surface area is 148 Å². The number of hydrogen-bond acceptors (Lipinski definition) is 6. The van der Waals surface area contributed by atoms with Gasteiger partial charge in [0.05, 0.1) is 11.8 Å². The molecule has 2 aliphatic heterocycles. The van der Waals surface area contributed by atoms with Gasteiger partial charge >= 0.3 is 0 Å². The first-order valence-electron chi connectivity index (χ1n) is 9.38. The van der Waals surface area contributed by atoms with Crippen molar-refractivity contribution in [3.8, 4) is 11.5 Å². The van der Waals surface area contributed by atoms with Gasteiger partial charge in [0.15, 0.2) is 11.5 Å². The highest BCUT2D eigenvalue weighted by Gasteiger charge is 2.48. The molecule has 4 aliphatic rings. The Morgan fingerprint density at radius 1 is 1.08 bits per heavy atom. The molecule has 6 nitrogen and oxygen atoms in total. The predicted molar refractivity (Wildman–Crippen MR) is 93.3 cm³/mol. The number of rotatable bonds is 3. The molecule has 1 N–H and O–H groups in total. The van der Waals surface area contributed by atoms with Crippen LogP contribution in [-0.4, -0.2) is 59.7 Å². The third kappa shape index (κ3) is 2.68. The Hall–Kier alpha value is -1.79. The van der Waals surface area contributed by atoms with E-state index in [-0.39, 0.29) is 0 Å². The van der Waals surface area contributed by atoms with E-state index in [4.69, 9.17) is 9.47 Å². The van der Waals surface area contributed by atoms with Crippen molar-refractivity contribution in [3.05, 3.63) is 23.8 Å². The molecule has 134 valence electrons. The van der Waals surface area contributed by atoms with Crippen molar-refractivity contribution in [2.24, 2.45) is 17.0 Å². The van der Waals surface area contributed by atoms with Gasteiger partial charge in [0.1, 0.15) is 0 Å². The van der Waals surface area contributed by atoms with Gasteiger partial charge in [-0.25, -0.2) is 0 Å². The van der Waals surface area contributed by atoms with E-state index in [2.05, 4.69) is 27.1 Å². The van der Waals surface area contributed by atoms with E-state index >= 15 is 0 Å². The lowest BCUT2D eigenvalue weighted by Gasteiger charge is -2.41. The third-order valence-corrected chi connectivity index (χ3v) is 6.40. The molecule has 25 heavy (non-hydrogen) atoms. The van der Waals surface area contributed by atoms with Gasteiger partial charge < -0.3 is 14.7 Å². The molecule has 0 spiro atoms. The van der Waals surface area contributed by atoms with Gasteiger partial charge in [-0.15, -0.1) is 0 Å². The molecule has 0 radical (unpaired) electrons. The maximum absolute atomic E-state index is 9.44. The molecule has 0 aromatic heterocycles. The summed E-state index contributed by atoms with van der Waals surface area (Å²) in [5.41, 5.74) is 2.33. The van der Waals surface area contributed by atoms with Crippen LogP contribution in [0.3, 0.4) is 0 Å². The van der Waals surface area contributed by atoms with Crippen LogP contribution < -0.4 is 9.47 Å². The van der Waals surface area contributed by atoms with Crippen LogP contribution in [0.4, 0.5) is 0 Å². The fraction of sp³-hybridized carbons (Fsp3) is 0.632. The zero-order chi connectivity index (χ0) is 16.8. The first kappa shape index (κ1) is 15.5. The molecule has 1 aromatic carbocycles. The number of hydrogen-bond donors (Lipinski definition) is 1. The van der Waals surface area contributed by atoms with Crippen LogP contribution in [0.2, 0.25) is 0 Å². The predicted octanol–water partition coefficient (Wildman–Crippen LogP) is 2.16. The van der Waals surface area contributed by atoms with Gasteiger partial charge in [0.25, 0.3) is 0 Å². The molecule has 1 saturated heterocycles. The first-order valence-corrected chi connectivity index (χ1v) is 9.38. The summed E-state index contributed by atoms with van der Waals surface area (Å²) in [5.74, 6) is 2.95. The molecular formula is C19H25N3O3. The van der Waals surface area contributed by atoms with Gasteiger partial charge in [-0.2, -0.15) is 0 Å². The van der Waals surface area contributed by atoms with Crippen LogP contribution >= 0.6 is 0 Å². The van der Waals surface area contributed by atoms with Crippen LogP contribution in [0.15, 0.2) is 23.4 Å². The number of ether oxygens (including phenoxy) is 2. The van der Waals surface area contributed by atoms with E-state index in [9.17, 15) is 5.21 Å². The molecule has 1 aromatic rings. The average molecular weight is 343 g/mol. The van der Waals surface area contributed by atoms with Crippen LogP contribution in [0.25, 0.3) is 0 Å². The Kier molecular flexibility index (Phi) is 3.82. The molecular weight excluding hydrogens is 318 g/mol. The standard InChI is InChI=1S/C19H25N3O3/c23-20-18-14-2-3-15(10-14)19(18)22-7-5-21(6-8-22)11-13-1-4-16-17(9-13)25-12-24-16/h1,4,9,14-15,19,23H,2-3,5-8,10-12H2. The average Bonchev–Trinajstić information content (AvgIpc) is 3.37. The number of benzene rings is 1. The van der Waals surface area contributed by atoms with Crippen molar-refractivity contribution in [2.75, 3.05) is 33.0 Å². The Morgan fingerprint density at radius 3 is 2.76 bits per heavy atom. The van der Waals surface area contributed by atoms with Crippen molar-refractivity contribution in [3.63, 3.8) is 0 Å². The highest BCUT2D eigenvalue weighted by atomic mass is 16.7. The SMILES string of the molecule is ON=C1C2CCC(C2)C1N1CCN(Cc2ccc3c(c2)OCO3)CC1. The summed E-state index contributed by atoms with van der Waals surface area (Å²) in [5, 5.41) is 13.1. The highest BCUT2D eigenvalue weighted by Crippen LogP contribution is 2.45. The van der Waals surface area contributed by atoms with Gasteiger partial charge in [0.2, 0.25) is 6.79 Å². The number of oxime groups is 1. The molecule has 2 heterocycles. The molecule has 3 fully saturated rings. The maximum Gasteiger partial charge on any atom is 0.231 e. The van der Waals surface area contributed by atoms with Crippen LogP contribution in [0, 0.1) is 11.8 Å². The lowest BCUT2D eigenvalue weighted by atomic mass is 9.91. The topological polar surface area (TPSA) is 57.5 Å². The zero-order valence-corrected chi connectivity index (χ0v) is 14.4. The van der Waals surface area contributed by atoms with E-state index in [1.165, 1.54) is 24.8 Å². The fourth-order valence-corrected chi connectivity index (χ4v) is 5.18. The van der Waals surface area contributed by atoms with Gasteiger partial charge in [-0.05, 0) is 42.9 Å². The van der Waals surface area contributed by atoms with Gasteiger partial charge in [-0.3, -0.25) is 9.80 Å². The minimum Gasteiger partial charge on any atom is -0.454 e. The maximum atomic E-state index is 9.44. The summed E-state index contributed by atoms with van der Waals surface area (Å²) < 4.78 is 10.9. The van der Waals surface area contributed by atoms with Crippen molar-refractivity contribution in [1.82, 2.24) is 9.80 Å². The molecule has 6 heteroatoms. The smallest absolute Gasteiger partial charge is 0.231 e. The van der Waals surface area contributed by atoms with Crippen molar-refractivity contribution in [1.29, 1.82) is 0 Å². The molecule has 3 unspecified atom stereocenters. The minimum absolute atomic E-state index is 0.329. The molecule has 3 atom stereocenters. The van der Waals surface area contributed by atoms with Crippen molar-refractivity contribution >= 4 is 5.71 Å². The summed E-state index contributed by atoms with van der Waals surface area (Å²) in [6.45, 7) is 5.49. The van der Waals surface area contributed by atoms with E-state index in [1.807, 2.05) is 6.07 Å². The van der Waals surface area contributed by atoms with Gasteiger partial charge in [0, 0.05) is 38.6 Å². The van der Waals surface area contributed by atoms with Crippen molar-refractivity contribution in [2.45, 2.75) is 31.8 Å². The largest absolute Gasteiger partial charge is 0.454 e. The second-order valence-corrected chi connectivity index (χ2v) is 7.74. The number of piperazine rings is 1. The minimum atomic E-state index is 0.329. The first-order chi connectivity index (χ1) is 12.3. The third-order valence-electron chi connectivity index (χ3n) is 6.40. The van der Waals surface area contributed by atoms with E-state index in [1.54, 1.807) is 0 Å². The van der Waals surface area contributed by atoms with Crippen LogP contribution in [0.1, 0.15) is 24.8 Å². The molecule has 2 bridgehead atoms. The Morgan fingerprint density at radius 2 is 1.92 bits per heavy atom. The Balaban J connectivity index is 1.20. The summed E-state index contributed by atoms with van der Waals surface area (Å²) in [6, 6.07) is 6.62. The zero-order valence-electron chi connectivity index (χ0n) is 14.4. The quantitative estimate of drug-likeness (QED) is 0.673. The van der Waals surface area contributed by atoms with Crippen LogP contribution in [0.5, 0.6) is 11.5 Å². The second kappa shape index (κ2) is 6.18. The number of fused-ring (bicyclic) bond motifs is 3. The summed E-state index contributed by atoms with van der Waals surface area (Å²) in [7, 11) is 0. The van der Waals surface area contributed by atoms with E-state index in [0.29, 0.717) is 24.7 Å². The summed E-state index contributed by atoms with van der Waals surface area (Å²) in [6.07, 6.45) is 3.73. The lowest BCUT2D eigenvalue weighted by Crippen LogP contribution is -2.54. The molecule has 2 aliphatic carbocycles. The molecule has 0 amide bonds. The number of nitrogens with zero attached hydrogens (tertiary/aromatic N) is 3. The molecule has 5 rings (SSSR count). The summed E-state index contributed by atoms with van der Waals surface area (Å²) >= 11 is 0. The lowest BCUT2D eigenvalue weighted by molar-refractivity contribution is 0.0945. The monoisotopic (exact) mass is 343 g/mol. The normalized spacial score (nSPS) is 33.4. The molecule has 2 saturated carbocycles.